The minimum absolute atomic E-state index is 0.101. The Labute approximate surface area is 92.8 Å². The van der Waals surface area contributed by atoms with Crippen LogP contribution in [0.15, 0.2) is 0 Å². The summed E-state index contributed by atoms with van der Waals surface area (Å²) in [6.07, 6.45) is 0.422. The van der Waals surface area contributed by atoms with E-state index in [1.807, 2.05) is 27.3 Å². The highest BCUT2D eigenvalue weighted by atomic mass is 32.1. The maximum Gasteiger partial charge on any atom is 0.338 e. The van der Waals surface area contributed by atoms with Crippen LogP contribution in [0.3, 0.4) is 0 Å². The predicted octanol–water partition coefficient (Wildman–Crippen LogP) is 2.37. The summed E-state index contributed by atoms with van der Waals surface area (Å²) in [7, 11) is -2.19. The van der Waals surface area contributed by atoms with Crippen molar-refractivity contribution in [1.82, 2.24) is 0 Å². The fraction of sp³-hybridized carbons (Fsp3) is 0.889. The molecule has 1 unspecified atom stereocenters. The Morgan fingerprint density at radius 2 is 1.79 bits per heavy atom. The molecular formula is C9H20O3SSi. The lowest BCUT2D eigenvalue weighted by atomic mass is 10.4. The third kappa shape index (κ3) is 4.59. The smallest absolute Gasteiger partial charge is 0.338 e. The minimum Gasteiger partial charge on any atom is -0.394 e. The van der Waals surface area contributed by atoms with Crippen molar-refractivity contribution in [3.8, 4) is 0 Å². The van der Waals surface area contributed by atoms with Crippen LogP contribution in [0.25, 0.3) is 0 Å². The lowest BCUT2D eigenvalue weighted by Gasteiger charge is -2.31. The second-order valence-corrected chi connectivity index (χ2v) is 7.47. The quantitative estimate of drug-likeness (QED) is 0.544. The molecule has 0 aromatic carbocycles. The molecule has 0 amide bonds. The molecule has 0 heterocycles. The first-order chi connectivity index (χ1) is 6.46. The number of hydrogen-bond acceptors (Lipinski definition) is 3. The molecule has 1 atom stereocenters. The van der Waals surface area contributed by atoms with E-state index < -0.39 is 8.56 Å². The van der Waals surface area contributed by atoms with Crippen molar-refractivity contribution < 1.29 is 13.6 Å². The fourth-order valence-electron chi connectivity index (χ4n) is 1.35. The van der Waals surface area contributed by atoms with Gasteiger partial charge in [-0.1, -0.05) is 6.92 Å². The van der Waals surface area contributed by atoms with E-state index in [2.05, 4.69) is 12.6 Å². The van der Waals surface area contributed by atoms with Crippen LogP contribution in [0, 0.1) is 0 Å². The van der Waals surface area contributed by atoms with E-state index >= 15 is 0 Å². The second-order valence-electron chi connectivity index (χ2n) is 3.38. The van der Waals surface area contributed by atoms with Crippen molar-refractivity contribution in [1.29, 1.82) is 0 Å². The predicted molar refractivity (Wildman–Crippen MR) is 62.9 cm³/mol. The standard InChI is InChI=1S/C9H20O3SSi/c1-5-11-14(4,12-6-2)8(3)7-9(10)13/h8H,5-7H2,1-4H3,(H,10,13). The summed E-state index contributed by atoms with van der Waals surface area (Å²) in [5.74, 6) is 0. The highest BCUT2D eigenvalue weighted by Gasteiger charge is 2.38. The molecule has 0 aromatic rings. The van der Waals surface area contributed by atoms with Gasteiger partial charge < -0.3 is 8.85 Å². The van der Waals surface area contributed by atoms with Gasteiger partial charge in [-0.2, -0.15) is 0 Å². The van der Waals surface area contributed by atoms with E-state index in [0.29, 0.717) is 19.6 Å². The van der Waals surface area contributed by atoms with E-state index in [1.165, 1.54) is 0 Å². The summed E-state index contributed by atoms with van der Waals surface area (Å²) in [5, 5.41) is -0.101. The number of carbonyl (C=O) groups excluding carboxylic acids is 1. The summed E-state index contributed by atoms with van der Waals surface area (Å²) in [6.45, 7) is 9.15. The topological polar surface area (TPSA) is 35.5 Å². The first kappa shape index (κ1) is 14.2. The normalized spacial score (nSPS) is 14.1. The van der Waals surface area contributed by atoms with E-state index in [4.69, 9.17) is 8.85 Å². The summed E-state index contributed by atoms with van der Waals surface area (Å²) in [5.41, 5.74) is 0.146. The molecule has 84 valence electrons. The van der Waals surface area contributed by atoms with Gasteiger partial charge >= 0.3 is 8.56 Å². The number of hydrogen-bond donors (Lipinski definition) is 1. The molecule has 0 bridgehead atoms. The van der Waals surface area contributed by atoms with Crippen LogP contribution in [0.2, 0.25) is 12.1 Å². The lowest BCUT2D eigenvalue weighted by molar-refractivity contribution is -0.111. The molecule has 14 heavy (non-hydrogen) atoms. The number of carbonyl (C=O) groups is 1. The van der Waals surface area contributed by atoms with Gasteiger partial charge in [0.25, 0.3) is 0 Å². The van der Waals surface area contributed by atoms with E-state index in [9.17, 15) is 4.79 Å². The monoisotopic (exact) mass is 236 g/mol. The van der Waals surface area contributed by atoms with Crippen molar-refractivity contribution in [3.05, 3.63) is 0 Å². The molecule has 0 radical (unpaired) electrons. The van der Waals surface area contributed by atoms with Crippen molar-refractivity contribution in [2.24, 2.45) is 0 Å². The molecule has 0 N–H and O–H groups in total. The SMILES string of the molecule is CCO[Si](C)(OCC)C(C)CC(=O)S. The largest absolute Gasteiger partial charge is 0.394 e. The Kier molecular flexibility index (Phi) is 6.68. The molecule has 0 saturated carbocycles. The maximum absolute atomic E-state index is 10.9. The van der Waals surface area contributed by atoms with Crippen LogP contribution in [0.5, 0.6) is 0 Å². The molecule has 5 heteroatoms. The summed E-state index contributed by atoms with van der Waals surface area (Å²) in [4.78, 5) is 10.9. The van der Waals surface area contributed by atoms with E-state index in [1.54, 1.807) is 0 Å². The maximum atomic E-state index is 10.9. The molecule has 0 fully saturated rings. The van der Waals surface area contributed by atoms with Crippen LogP contribution in [0.4, 0.5) is 0 Å². The third-order valence-corrected chi connectivity index (χ3v) is 6.14. The van der Waals surface area contributed by atoms with Gasteiger partial charge in [0, 0.05) is 25.2 Å². The van der Waals surface area contributed by atoms with Crippen LogP contribution < -0.4 is 0 Å². The average Bonchev–Trinajstić information content (AvgIpc) is 2.03. The highest BCUT2D eigenvalue weighted by Crippen LogP contribution is 2.27. The summed E-state index contributed by atoms with van der Waals surface area (Å²) >= 11 is 3.78. The first-order valence-corrected chi connectivity index (χ1v) is 7.80. The zero-order valence-electron chi connectivity index (χ0n) is 9.37. The van der Waals surface area contributed by atoms with Gasteiger partial charge in [-0.3, -0.25) is 4.79 Å². The zero-order valence-corrected chi connectivity index (χ0v) is 11.3. The Morgan fingerprint density at radius 3 is 2.07 bits per heavy atom. The van der Waals surface area contributed by atoms with Gasteiger partial charge in [-0.05, 0) is 20.4 Å². The number of rotatable bonds is 7. The van der Waals surface area contributed by atoms with Gasteiger partial charge in [0.05, 0.1) is 0 Å². The summed E-state index contributed by atoms with van der Waals surface area (Å²) < 4.78 is 11.3. The van der Waals surface area contributed by atoms with Crippen molar-refractivity contribution in [3.63, 3.8) is 0 Å². The van der Waals surface area contributed by atoms with E-state index in [0.717, 1.165) is 0 Å². The van der Waals surface area contributed by atoms with Crippen LogP contribution in [-0.4, -0.2) is 26.9 Å². The second kappa shape index (κ2) is 6.61. The third-order valence-electron chi connectivity index (χ3n) is 2.24. The molecule has 0 rings (SSSR count). The first-order valence-electron chi connectivity index (χ1n) is 4.96. The van der Waals surface area contributed by atoms with Gasteiger partial charge in [-0.15, -0.1) is 12.6 Å². The summed E-state index contributed by atoms with van der Waals surface area (Å²) in [6, 6.07) is 0. The fourth-order valence-corrected chi connectivity index (χ4v) is 4.15. The van der Waals surface area contributed by atoms with Crippen molar-refractivity contribution in [2.45, 2.75) is 39.3 Å². The highest BCUT2D eigenvalue weighted by molar-refractivity contribution is 7.96. The lowest BCUT2D eigenvalue weighted by Crippen LogP contribution is -2.43. The molecule has 3 nitrogen and oxygen atoms in total. The van der Waals surface area contributed by atoms with Crippen LogP contribution in [0.1, 0.15) is 27.2 Å². The Morgan fingerprint density at radius 1 is 1.36 bits per heavy atom. The molecule has 0 saturated heterocycles. The van der Waals surface area contributed by atoms with Gasteiger partial charge in [0.1, 0.15) is 0 Å². The van der Waals surface area contributed by atoms with Crippen molar-refractivity contribution in [2.75, 3.05) is 13.2 Å². The molecule has 0 aliphatic carbocycles. The van der Waals surface area contributed by atoms with Gasteiger partial charge in [0.15, 0.2) is 5.12 Å². The van der Waals surface area contributed by atoms with Crippen LogP contribution in [-0.2, 0) is 13.6 Å². The van der Waals surface area contributed by atoms with Crippen LogP contribution >= 0.6 is 12.6 Å². The Balaban J connectivity index is 4.37. The van der Waals surface area contributed by atoms with Gasteiger partial charge in [-0.25, -0.2) is 0 Å². The van der Waals surface area contributed by atoms with Crippen molar-refractivity contribution >= 4 is 26.3 Å². The number of thiol groups is 1. The van der Waals surface area contributed by atoms with Gasteiger partial charge in [0.2, 0.25) is 0 Å². The molecule has 0 spiro atoms. The van der Waals surface area contributed by atoms with E-state index in [-0.39, 0.29) is 10.7 Å². The molecule has 0 aliphatic heterocycles. The molecule has 0 aromatic heterocycles. The Bertz CT molecular complexity index is 181. The molecule has 0 aliphatic rings. The zero-order chi connectivity index (χ0) is 11.2. The minimum atomic E-state index is -2.19. The average molecular weight is 236 g/mol. The molecular weight excluding hydrogens is 216 g/mol. The Hall–Kier alpha value is 0.157.